The Labute approximate surface area is 109 Å². The number of piperidine rings is 1. The molecule has 2 bridgehead atoms. The van der Waals surface area contributed by atoms with Crippen molar-refractivity contribution in [1.82, 2.24) is 4.90 Å². The van der Waals surface area contributed by atoms with Crippen LogP contribution in [-0.2, 0) is 4.79 Å². The van der Waals surface area contributed by atoms with Gasteiger partial charge < -0.3 is 0 Å². The van der Waals surface area contributed by atoms with Crippen molar-refractivity contribution in [3.05, 3.63) is 35.9 Å². The zero-order valence-corrected chi connectivity index (χ0v) is 11.2. The Bertz CT molecular complexity index is 442. The van der Waals surface area contributed by atoms with Gasteiger partial charge >= 0.3 is 0 Å². The third kappa shape index (κ3) is 1.79. The van der Waals surface area contributed by atoms with Gasteiger partial charge in [0.2, 0.25) is 0 Å². The van der Waals surface area contributed by atoms with Gasteiger partial charge in [-0.05, 0) is 38.8 Å². The Morgan fingerprint density at radius 3 is 2.61 bits per heavy atom. The number of benzene rings is 1. The van der Waals surface area contributed by atoms with Gasteiger partial charge in [-0.15, -0.1) is 0 Å². The topological polar surface area (TPSA) is 20.3 Å². The molecule has 96 valence electrons. The van der Waals surface area contributed by atoms with Gasteiger partial charge in [0, 0.05) is 23.9 Å². The fourth-order valence-electron chi connectivity index (χ4n) is 4.01. The number of likely N-dealkylation sites (N-methyl/N-ethyl adjacent to an activating group) is 1. The molecule has 0 spiro atoms. The highest BCUT2D eigenvalue weighted by molar-refractivity contribution is 5.80. The molecule has 4 atom stereocenters. The summed E-state index contributed by atoms with van der Waals surface area (Å²) in [5.74, 6) is 0.988. The number of Topliss-reactive ketones (excluding diaryl/α,β-unsaturated/α-hetero) is 1. The number of nitrogens with zero attached hydrogens (tertiary/aromatic N) is 1. The Hall–Kier alpha value is -1.15. The maximum atomic E-state index is 12.0. The molecule has 2 fully saturated rings. The molecule has 2 heterocycles. The van der Waals surface area contributed by atoms with Gasteiger partial charge in [0.15, 0.2) is 0 Å². The van der Waals surface area contributed by atoms with Crippen LogP contribution < -0.4 is 0 Å². The molecular formula is C16H21NO. The number of hydrogen-bond donors (Lipinski definition) is 0. The first kappa shape index (κ1) is 11.9. The second-order valence-corrected chi connectivity index (χ2v) is 5.85. The Morgan fingerprint density at radius 2 is 1.94 bits per heavy atom. The number of carbonyl (C=O) groups is 1. The minimum atomic E-state index is 0.223. The predicted molar refractivity (Wildman–Crippen MR) is 72.5 cm³/mol. The van der Waals surface area contributed by atoms with Crippen LogP contribution in [0.3, 0.4) is 0 Å². The minimum absolute atomic E-state index is 0.223. The SMILES string of the molecule is CC(=O)C1CC2CCC(C1c1ccccc1)N2C. The first-order chi connectivity index (χ1) is 8.68. The maximum absolute atomic E-state index is 12.0. The summed E-state index contributed by atoms with van der Waals surface area (Å²) in [6, 6.07) is 11.8. The van der Waals surface area contributed by atoms with Crippen molar-refractivity contribution in [2.24, 2.45) is 5.92 Å². The highest BCUT2D eigenvalue weighted by Crippen LogP contribution is 2.46. The molecule has 0 radical (unpaired) electrons. The number of ketones is 1. The molecule has 3 rings (SSSR count). The molecule has 2 nitrogen and oxygen atoms in total. The summed E-state index contributed by atoms with van der Waals surface area (Å²) in [4.78, 5) is 14.5. The van der Waals surface area contributed by atoms with Gasteiger partial charge in [0.25, 0.3) is 0 Å². The lowest BCUT2D eigenvalue weighted by molar-refractivity contribution is -0.123. The summed E-state index contributed by atoms with van der Waals surface area (Å²) in [6.07, 6.45) is 3.54. The van der Waals surface area contributed by atoms with Gasteiger partial charge in [0.05, 0.1) is 0 Å². The van der Waals surface area contributed by atoms with Crippen molar-refractivity contribution in [3.63, 3.8) is 0 Å². The first-order valence-corrected chi connectivity index (χ1v) is 6.96. The molecule has 1 aromatic rings. The molecule has 0 aromatic heterocycles. The van der Waals surface area contributed by atoms with Crippen molar-refractivity contribution in [2.75, 3.05) is 7.05 Å². The number of fused-ring (bicyclic) bond motifs is 2. The number of hydrogen-bond acceptors (Lipinski definition) is 2. The molecule has 0 N–H and O–H groups in total. The average Bonchev–Trinajstić information content (AvgIpc) is 2.63. The monoisotopic (exact) mass is 243 g/mol. The second-order valence-electron chi connectivity index (χ2n) is 5.85. The fraction of sp³-hybridized carbons (Fsp3) is 0.562. The molecule has 2 aliphatic rings. The Morgan fingerprint density at radius 1 is 1.22 bits per heavy atom. The van der Waals surface area contributed by atoms with Crippen LogP contribution in [0.1, 0.15) is 37.7 Å². The van der Waals surface area contributed by atoms with Crippen LogP contribution in [0.25, 0.3) is 0 Å². The zero-order valence-electron chi connectivity index (χ0n) is 11.2. The minimum Gasteiger partial charge on any atom is -0.300 e. The highest BCUT2D eigenvalue weighted by Gasteiger charge is 2.47. The van der Waals surface area contributed by atoms with Crippen LogP contribution in [-0.4, -0.2) is 29.8 Å². The van der Waals surface area contributed by atoms with E-state index in [2.05, 4.69) is 42.3 Å². The van der Waals surface area contributed by atoms with Gasteiger partial charge in [-0.2, -0.15) is 0 Å². The lowest BCUT2D eigenvalue weighted by atomic mass is 9.74. The van der Waals surface area contributed by atoms with E-state index in [1.807, 2.05) is 0 Å². The van der Waals surface area contributed by atoms with Gasteiger partial charge in [0.1, 0.15) is 5.78 Å². The molecular weight excluding hydrogens is 222 g/mol. The predicted octanol–water partition coefficient (Wildman–Crippen LogP) is 2.84. The average molecular weight is 243 g/mol. The van der Waals surface area contributed by atoms with Crippen LogP contribution in [0.5, 0.6) is 0 Å². The maximum Gasteiger partial charge on any atom is 0.133 e. The summed E-state index contributed by atoms with van der Waals surface area (Å²) in [7, 11) is 2.23. The van der Waals surface area contributed by atoms with Crippen molar-refractivity contribution < 1.29 is 4.79 Å². The second kappa shape index (κ2) is 4.51. The van der Waals surface area contributed by atoms with Crippen molar-refractivity contribution in [1.29, 1.82) is 0 Å². The standard InChI is InChI=1S/C16H21NO/c1-11(18)14-10-13-8-9-15(17(13)2)16(14)12-6-4-3-5-7-12/h3-7,13-16H,8-10H2,1-2H3. The van der Waals surface area contributed by atoms with E-state index in [-0.39, 0.29) is 5.92 Å². The van der Waals surface area contributed by atoms with E-state index in [1.54, 1.807) is 6.92 Å². The lowest BCUT2D eigenvalue weighted by Gasteiger charge is -2.42. The van der Waals surface area contributed by atoms with Gasteiger partial charge in [-0.25, -0.2) is 0 Å². The van der Waals surface area contributed by atoms with Crippen LogP contribution >= 0.6 is 0 Å². The molecule has 0 amide bonds. The molecule has 1 aromatic carbocycles. The fourth-order valence-corrected chi connectivity index (χ4v) is 4.01. The van der Waals surface area contributed by atoms with Crippen molar-refractivity contribution >= 4 is 5.78 Å². The van der Waals surface area contributed by atoms with Crippen LogP contribution in [0.4, 0.5) is 0 Å². The highest BCUT2D eigenvalue weighted by atomic mass is 16.1. The Balaban J connectivity index is 1.99. The molecule has 2 heteroatoms. The summed E-state index contributed by atoms with van der Waals surface area (Å²) in [5.41, 5.74) is 1.34. The molecule has 18 heavy (non-hydrogen) atoms. The molecule has 2 aliphatic heterocycles. The molecule has 2 saturated heterocycles. The number of rotatable bonds is 2. The number of carbonyl (C=O) groups excluding carboxylic acids is 1. The van der Waals surface area contributed by atoms with E-state index in [4.69, 9.17) is 0 Å². The summed E-state index contributed by atoms with van der Waals surface area (Å²) < 4.78 is 0. The van der Waals surface area contributed by atoms with Crippen molar-refractivity contribution in [2.45, 2.75) is 44.2 Å². The molecule has 4 unspecified atom stereocenters. The quantitative estimate of drug-likeness (QED) is 0.796. The third-order valence-electron chi connectivity index (χ3n) is 4.98. The van der Waals surface area contributed by atoms with E-state index >= 15 is 0 Å². The van der Waals surface area contributed by atoms with Crippen LogP contribution in [0.2, 0.25) is 0 Å². The summed E-state index contributed by atoms with van der Waals surface area (Å²) >= 11 is 0. The smallest absolute Gasteiger partial charge is 0.133 e. The van der Waals surface area contributed by atoms with E-state index in [1.165, 1.54) is 18.4 Å². The van der Waals surface area contributed by atoms with E-state index in [0.717, 1.165) is 6.42 Å². The van der Waals surface area contributed by atoms with Crippen LogP contribution in [0, 0.1) is 5.92 Å². The largest absolute Gasteiger partial charge is 0.300 e. The van der Waals surface area contributed by atoms with Crippen molar-refractivity contribution in [3.8, 4) is 0 Å². The lowest BCUT2D eigenvalue weighted by Crippen LogP contribution is -2.47. The molecule has 0 aliphatic carbocycles. The van der Waals surface area contributed by atoms with E-state index in [0.29, 0.717) is 23.8 Å². The summed E-state index contributed by atoms with van der Waals surface area (Å²) in [6.45, 7) is 1.77. The Kier molecular flexibility index (Phi) is 2.98. The van der Waals surface area contributed by atoms with E-state index in [9.17, 15) is 4.79 Å². The van der Waals surface area contributed by atoms with E-state index < -0.39 is 0 Å². The van der Waals surface area contributed by atoms with Gasteiger partial charge in [-0.3, -0.25) is 9.69 Å². The van der Waals surface area contributed by atoms with Gasteiger partial charge in [-0.1, -0.05) is 30.3 Å². The summed E-state index contributed by atoms with van der Waals surface area (Å²) in [5, 5.41) is 0. The normalized spacial score (nSPS) is 35.7. The zero-order chi connectivity index (χ0) is 12.7. The third-order valence-corrected chi connectivity index (χ3v) is 4.98. The first-order valence-electron chi connectivity index (χ1n) is 6.96. The molecule has 0 saturated carbocycles. The van der Waals surface area contributed by atoms with Crippen LogP contribution in [0.15, 0.2) is 30.3 Å².